The number of nitrogens with one attached hydrogen (secondary N) is 1. The van der Waals surface area contributed by atoms with Crippen LogP contribution in [0.15, 0.2) is 10.6 Å². The summed E-state index contributed by atoms with van der Waals surface area (Å²) >= 11 is 0. The van der Waals surface area contributed by atoms with Crippen molar-refractivity contribution in [2.45, 2.75) is 50.5 Å². The molecule has 1 unspecified atom stereocenters. The third-order valence-corrected chi connectivity index (χ3v) is 3.66. The molecule has 0 amide bonds. The standard InChI is InChI=1S/C12H18N2O/c1-3-9(4-1)11-8-14-12(15-11)7-10-5-2-6-13-10/h8-10,13H,1-7H2. The van der Waals surface area contributed by atoms with Gasteiger partial charge >= 0.3 is 0 Å². The fraction of sp³-hybridized carbons (Fsp3) is 0.750. The van der Waals surface area contributed by atoms with E-state index in [0.29, 0.717) is 12.0 Å². The van der Waals surface area contributed by atoms with Crippen molar-refractivity contribution < 1.29 is 4.42 Å². The van der Waals surface area contributed by atoms with Crippen molar-refractivity contribution in [3.05, 3.63) is 17.8 Å². The molecule has 0 bridgehead atoms. The van der Waals surface area contributed by atoms with Gasteiger partial charge in [-0.25, -0.2) is 4.98 Å². The summed E-state index contributed by atoms with van der Waals surface area (Å²) in [6.07, 6.45) is 9.39. The van der Waals surface area contributed by atoms with E-state index in [-0.39, 0.29) is 0 Å². The minimum absolute atomic E-state index is 0.595. The molecule has 1 aliphatic heterocycles. The molecule has 1 atom stereocenters. The van der Waals surface area contributed by atoms with Crippen LogP contribution in [0, 0.1) is 0 Å². The van der Waals surface area contributed by atoms with Gasteiger partial charge in [-0.1, -0.05) is 6.42 Å². The first-order valence-electron chi connectivity index (χ1n) is 6.10. The maximum absolute atomic E-state index is 5.80. The predicted octanol–water partition coefficient (Wildman–Crippen LogP) is 2.24. The van der Waals surface area contributed by atoms with Crippen LogP contribution in [-0.2, 0) is 6.42 Å². The van der Waals surface area contributed by atoms with Gasteiger partial charge in [0.25, 0.3) is 0 Å². The van der Waals surface area contributed by atoms with Gasteiger partial charge in [-0.05, 0) is 32.2 Å². The van der Waals surface area contributed by atoms with Crippen LogP contribution in [0.3, 0.4) is 0 Å². The number of oxazole rings is 1. The fourth-order valence-corrected chi connectivity index (χ4v) is 2.44. The Hall–Kier alpha value is -0.830. The Morgan fingerprint density at radius 1 is 1.33 bits per heavy atom. The monoisotopic (exact) mass is 206 g/mol. The molecule has 3 nitrogen and oxygen atoms in total. The van der Waals surface area contributed by atoms with Crippen LogP contribution in [0.5, 0.6) is 0 Å². The molecule has 0 spiro atoms. The topological polar surface area (TPSA) is 38.1 Å². The zero-order valence-electron chi connectivity index (χ0n) is 9.04. The summed E-state index contributed by atoms with van der Waals surface area (Å²) in [6.45, 7) is 1.15. The molecule has 1 N–H and O–H groups in total. The third kappa shape index (κ3) is 1.93. The van der Waals surface area contributed by atoms with Gasteiger partial charge in [0.15, 0.2) is 5.89 Å². The lowest BCUT2D eigenvalue weighted by Crippen LogP contribution is -2.23. The van der Waals surface area contributed by atoms with Crippen LogP contribution in [0.25, 0.3) is 0 Å². The Bertz CT molecular complexity index is 324. The summed E-state index contributed by atoms with van der Waals surface area (Å²) in [5.74, 6) is 2.72. The average Bonchev–Trinajstić information content (AvgIpc) is 2.75. The molecule has 1 aromatic heterocycles. The minimum atomic E-state index is 0.595. The highest BCUT2D eigenvalue weighted by atomic mass is 16.4. The smallest absolute Gasteiger partial charge is 0.195 e. The van der Waals surface area contributed by atoms with E-state index in [4.69, 9.17) is 4.42 Å². The summed E-state index contributed by atoms with van der Waals surface area (Å²) in [5.41, 5.74) is 0. The van der Waals surface area contributed by atoms with Gasteiger partial charge in [-0.2, -0.15) is 0 Å². The van der Waals surface area contributed by atoms with Gasteiger partial charge in [0, 0.05) is 18.4 Å². The van der Waals surface area contributed by atoms with Crippen LogP contribution in [0.1, 0.15) is 49.7 Å². The lowest BCUT2D eigenvalue weighted by atomic mass is 9.84. The molecule has 1 saturated heterocycles. The first-order chi connectivity index (χ1) is 7.42. The Balaban J connectivity index is 1.62. The highest BCUT2D eigenvalue weighted by molar-refractivity contribution is 5.06. The van der Waals surface area contributed by atoms with Crippen molar-refractivity contribution >= 4 is 0 Å². The first-order valence-corrected chi connectivity index (χ1v) is 6.10. The number of hydrogen-bond acceptors (Lipinski definition) is 3. The number of rotatable bonds is 3. The number of nitrogens with zero attached hydrogens (tertiary/aromatic N) is 1. The van der Waals surface area contributed by atoms with Gasteiger partial charge in [0.05, 0.1) is 6.20 Å². The Kier molecular flexibility index (Phi) is 2.49. The summed E-state index contributed by atoms with van der Waals surface area (Å²) in [7, 11) is 0. The van der Waals surface area contributed by atoms with E-state index in [0.717, 1.165) is 24.6 Å². The van der Waals surface area contributed by atoms with Crippen LogP contribution < -0.4 is 5.32 Å². The van der Waals surface area contributed by atoms with Crippen molar-refractivity contribution in [1.29, 1.82) is 0 Å². The predicted molar refractivity (Wildman–Crippen MR) is 57.8 cm³/mol. The molecule has 2 heterocycles. The van der Waals surface area contributed by atoms with Crippen LogP contribution >= 0.6 is 0 Å². The van der Waals surface area contributed by atoms with Gasteiger partial charge in [0.1, 0.15) is 5.76 Å². The zero-order chi connectivity index (χ0) is 10.1. The third-order valence-electron chi connectivity index (χ3n) is 3.66. The first kappa shape index (κ1) is 9.40. The largest absolute Gasteiger partial charge is 0.445 e. The van der Waals surface area contributed by atoms with Crippen molar-refractivity contribution in [2.24, 2.45) is 0 Å². The van der Waals surface area contributed by atoms with Crippen LogP contribution in [-0.4, -0.2) is 17.6 Å². The zero-order valence-corrected chi connectivity index (χ0v) is 9.04. The molecular weight excluding hydrogens is 188 g/mol. The SMILES string of the molecule is c1nc(CC2CCCN2)oc1C1CCC1. The van der Waals surface area contributed by atoms with E-state index in [1.165, 1.54) is 32.1 Å². The maximum Gasteiger partial charge on any atom is 0.195 e. The molecule has 82 valence electrons. The van der Waals surface area contributed by atoms with Crippen molar-refractivity contribution in [3.8, 4) is 0 Å². The van der Waals surface area contributed by atoms with Crippen LogP contribution in [0.2, 0.25) is 0 Å². The second kappa shape index (κ2) is 3.97. The van der Waals surface area contributed by atoms with Crippen molar-refractivity contribution in [1.82, 2.24) is 10.3 Å². The maximum atomic E-state index is 5.80. The quantitative estimate of drug-likeness (QED) is 0.824. The van der Waals surface area contributed by atoms with E-state index in [1.807, 2.05) is 6.20 Å². The normalized spacial score (nSPS) is 26.8. The Morgan fingerprint density at radius 2 is 2.27 bits per heavy atom. The second-order valence-electron chi connectivity index (χ2n) is 4.78. The van der Waals surface area contributed by atoms with E-state index in [1.54, 1.807) is 0 Å². The van der Waals surface area contributed by atoms with Crippen molar-refractivity contribution in [3.63, 3.8) is 0 Å². The van der Waals surface area contributed by atoms with Gasteiger partial charge in [-0.3, -0.25) is 0 Å². The Morgan fingerprint density at radius 3 is 2.93 bits per heavy atom. The molecule has 1 aromatic rings. The molecule has 3 rings (SSSR count). The lowest BCUT2D eigenvalue weighted by Gasteiger charge is -2.22. The molecule has 15 heavy (non-hydrogen) atoms. The fourth-order valence-electron chi connectivity index (χ4n) is 2.44. The molecule has 2 aliphatic rings. The average molecular weight is 206 g/mol. The number of aromatic nitrogens is 1. The molecule has 0 aromatic carbocycles. The summed E-state index contributed by atoms with van der Waals surface area (Å²) in [5, 5.41) is 3.47. The van der Waals surface area contributed by atoms with Crippen molar-refractivity contribution in [2.75, 3.05) is 6.54 Å². The number of hydrogen-bond donors (Lipinski definition) is 1. The van der Waals surface area contributed by atoms with Gasteiger partial charge in [0.2, 0.25) is 0 Å². The molecule has 1 saturated carbocycles. The summed E-state index contributed by atoms with van der Waals surface area (Å²) in [6, 6.07) is 0.595. The molecule has 0 radical (unpaired) electrons. The molecular formula is C12H18N2O. The van der Waals surface area contributed by atoms with E-state index < -0.39 is 0 Å². The second-order valence-corrected chi connectivity index (χ2v) is 4.78. The lowest BCUT2D eigenvalue weighted by molar-refractivity contribution is 0.329. The summed E-state index contributed by atoms with van der Waals surface area (Å²) in [4.78, 5) is 4.38. The summed E-state index contributed by atoms with van der Waals surface area (Å²) < 4.78 is 5.80. The van der Waals surface area contributed by atoms with E-state index in [9.17, 15) is 0 Å². The molecule has 2 fully saturated rings. The van der Waals surface area contributed by atoms with Crippen LogP contribution in [0.4, 0.5) is 0 Å². The molecule has 1 aliphatic carbocycles. The Labute approximate surface area is 90.3 Å². The highest BCUT2D eigenvalue weighted by Crippen LogP contribution is 2.36. The van der Waals surface area contributed by atoms with E-state index >= 15 is 0 Å². The van der Waals surface area contributed by atoms with E-state index in [2.05, 4.69) is 10.3 Å². The van der Waals surface area contributed by atoms with Gasteiger partial charge in [-0.15, -0.1) is 0 Å². The highest BCUT2D eigenvalue weighted by Gasteiger charge is 2.24. The minimum Gasteiger partial charge on any atom is -0.445 e. The van der Waals surface area contributed by atoms with Gasteiger partial charge < -0.3 is 9.73 Å². The molecule has 3 heteroatoms.